The highest BCUT2D eigenvalue weighted by atomic mass is 32.3. The first-order valence-electron chi connectivity index (χ1n) is 9.32. The lowest BCUT2D eigenvalue weighted by Crippen LogP contribution is -2.67. The molecule has 34 heavy (non-hydrogen) atoms. The molecule has 0 aliphatic carbocycles. The highest BCUT2D eigenvalue weighted by Gasteiger charge is 2.51. The molecule has 2 saturated heterocycles. The third-order valence-corrected chi connectivity index (χ3v) is 6.39. The third-order valence-electron chi connectivity index (χ3n) is 4.92. The van der Waals surface area contributed by atoms with Gasteiger partial charge in [-0.2, -0.15) is 30.0 Å². The maximum absolute atomic E-state index is 11.3. The number of ether oxygens (including phenoxy) is 3. The van der Waals surface area contributed by atoms with Crippen molar-refractivity contribution in [2.45, 2.75) is 75.0 Å². The smallest absolute Gasteiger partial charge is 0.388 e. The maximum Gasteiger partial charge on any atom is 0.397 e. The molecule has 0 bridgehead atoms. The van der Waals surface area contributed by atoms with E-state index in [1.807, 2.05) is 0 Å². The van der Waals surface area contributed by atoms with Gasteiger partial charge in [0.2, 0.25) is 0 Å². The van der Waals surface area contributed by atoms with E-state index in [4.69, 9.17) is 27.9 Å². The van der Waals surface area contributed by atoms with Crippen LogP contribution in [0.25, 0.3) is 0 Å². The number of aliphatic hydroxyl groups is 3. The van der Waals surface area contributed by atoms with Crippen LogP contribution < -0.4 is 4.72 Å². The summed E-state index contributed by atoms with van der Waals surface area (Å²) in [6.07, 6.45) is -15.3. The zero-order valence-corrected chi connectivity index (χ0v) is 19.8. The molecule has 2 aliphatic heterocycles. The standard InChI is InChI=1S/C13H25NO17S3/c1-4-11(10(17)12(5(2)28-4)31-34(24,25)26)30-13-7(14-32(18,19)20)9(16)8(15)6(29-13)3-27-33(21,22)23/h4-17H,3H2,1-2H3,(H,18,19,20)(H,21,22,23)(H,24,25,26)/t4?,5-,6?,7?,8+,9+,10+,11?,12?,13-/m0/s1. The van der Waals surface area contributed by atoms with E-state index in [2.05, 4.69) is 8.37 Å². The molecule has 2 rings (SSSR count). The molecule has 0 spiro atoms. The minimum atomic E-state index is -5.07. The predicted molar refractivity (Wildman–Crippen MR) is 104 cm³/mol. The van der Waals surface area contributed by atoms with E-state index in [1.54, 1.807) is 0 Å². The van der Waals surface area contributed by atoms with Gasteiger partial charge in [-0.15, -0.1) is 0 Å². The second-order valence-corrected chi connectivity index (χ2v) is 10.8. The van der Waals surface area contributed by atoms with Gasteiger partial charge in [0, 0.05) is 0 Å². The summed E-state index contributed by atoms with van der Waals surface area (Å²) >= 11 is 0. The van der Waals surface area contributed by atoms with Crippen molar-refractivity contribution in [2.24, 2.45) is 0 Å². The van der Waals surface area contributed by atoms with E-state index in [-0.39, 0.29) is 0 Å². The number of nitrogens with one attached hydrogen (secondary N) is 1. The first-order chi connectivity index (χ1) is 15.3. The van der Waals surface area contributed by atoms with Gasteiger partial charge in [-0.05, 0) is 13.8 Å². The van der Waals surface area contributed by atoms with Gasteiger partial charge >= 0.3 is 31.1 Å². The van der Waals surface area contributed by atoms with E-state index in [1.165, 1.54) is 18.6 Å². The van der Waals surface area contributed by atoms with Crippen LogP contribution in [0.15, 0.2) is 0 Å². The van der Waals surface area contributed by atoms with E-state index < -0.39 is 98.9 Å². The van der Waals surface area contributed by atoms with Gasteiger partial charge in [-0.3, -0.25) is 13.7 Å². The van der Waals surface area contributed by atoms with Crippen LogP contribution in [0.3, 0.4) is 0 Å². The summed E-state index contributed by atoms with van der Waals surface area (Å²) in [4.78, 5) is 0. The summed E-state index contributed by atoms with van der Waals surface area (Å²) in [7, 11) is -15.1. The summed E-state index contributed by atoms with van der Waals surface area (Å²) in [5.74, 6) is 0. The van der Waals surface area contributed by atoms with Crippen LogP contribution in [0.2, 0.25) is 0 Å². The summed E-state index contributed by atoms with van der Waals surface area (Å²) in [6.45, 7) is 1.56. The zero-order valence-electron chi connectivity index (χ0n) is 17.4. The van der Waals surface area contributed by atoms with Gasteiger partial charge in [0.25, 0.3) is 0 Å². The van der Waals surface area contributed by atoms with Crippen LogP contribution >= 0.6 is 0 Å². The van der Waals surface area contributed by atoms with E-state index >= 15 is 0 Å². The van der Waals surface area contributed by atoms with E-state index in [0.717, 1.165) is 0 Å². The van der Waals surface area contributed by atoms with Gasteiger partial charge in [-0.1, -0.05) is 0 Å². The first-order valence-corrected chi connectivity index (χ1v) is 13.5. The Labute approximate surface area is 194 Å². The molecule has 2 aliphatic rings. The zero-order chi connectivity index (χ0) is 26.2. The predicted octanol–water partition coefficient (Wildman–Crippen LogP) is -4.25. The molecular formula is C13H25NO17S3. The Morgan fingerprint density at radius 2 is 1.35 bits per heavy atom. The molecule has 202 valence electrons. The highest BCUT2D eigenvalue weighted by Crippen LogP contribution is 2.31. The molecule has 2 fully saturated rings. The number of hydrogen-bond acceptors (Lipinski definition) is 14. The lowest BCUT2D eigenvalue weighted by Gasteiger charge is -2.46. The lowest BCUT2D eigenvalue weighted by atomic mass is 9.95. The summed E-state index contributed by atoms with van der Waals surface area (Å²) in [5, 5.41) is 31.1. The van der Waals surface area contributed by atoms with Crippen molar-refractivity contribution in [3.8, 4) is 0 Å². The molecule has 7 N–H and O–H groups in total. The van der Waals surface area contributed by atoms with Crippen molar-refractivity contribution >= 4 is 31.1 Å². The Hall–Kier alpha value is -0.630. The SMILES string of the molecule is CC1O[C@@H](C)C(OS(=O)(=O)O)[C@H](O)C1O[C@@H]1OC(COS(=O)(=O)O)[C@@H](O)[C@H](O)C1NS(=O)(=O)O. The van der Waals surface area contributed by atoms with Crippen LogP contribution in [-0.2, 0) is 53.7 Å². The van der Waals surface area contributed by atoms with Crippen LogP contribution in [-0.4, -0.2) is 122 Å². The van der Waals surface area contributed by atoms with Crippen molar-refractivity contribution < 1.29 is 76.8 Å². The molecule has 10 atom stereocenters. The fourth-order valence-electron chi connectivity index (χ4n) is 3.49. The molecule has 18 nitrogen and oxygen atoms in total. The molecule has 0 aromatic heterocycles. The number of rotatable bonds is 9. The summed E-state index contributed by atoms with van der Waals surface area (Å²) < 4.78 is 119. The average Bonchev–Trinajstić information content (AvgIpc) is 2.64. The van der Waals surface area contributed by atoms with Crippen molar-refractivity contribution in [3.05, 3.63) is 0 Å². The number of aliphatic hydroxyl groups excluding tert-OH is 3. The van der Waals surface area contributed by atoms with Crippen LogP contribution in [0, 0.1) is 0 Å². The molecule has 21 heteroatoms. The van der Waals surface area contributed by atoms with Crippen LogP contribution in [0.1, 0.15) is 13.8 Å². The normalized spacial score (nSPS) is 40.2. The van der Waals surface area contributed by atoms with Gasteiger partial charge in [-0.25, -0.2) is 8.37 Å². The van der Waals surface area contributed by atoms with Crippen LogP contribution in [0.5, 0.6) is 0 Å². The van der Waals surface area contributed by atoms with E-state index in [9.17, 15) is 40.6 Å². The second-order valence-electron chi connectivity index (χ2n) is 7.48. The fourth-order valence-corrected chi connectivity index (χ4v) is 4.94. The minimum Gasteiger partial charge on any atom is -0.388 e. The Bertz CT molecular complexity index is 1010. The Morgan fingerprint density at radius 3 is 1.85 bits per heavy atom. The largest absolute Gasteiger partial charge is 0.397 e. The quantitative estimate of drug-likeness (QED) is 0.131. The average molecular weight is 564 g/mol. The first kappa shape index (κ1) is 29.6. The monoisotopic (exact) mass is 563 g/mol. The molecule has 0 radical (unpaired) electrons. The van der Waals surface area contributed by atoms with Crippen molar-refractivity contribution in [1.82, 2.24) is 4.72 Å². The van der Waals surface area contributed by atoms with E-state index in [0.29, 0.717) is 0 Å². The Kier molecular flexibility index (Phi) is 9.38. The lowest BCUT2D eigenvalue weighted by molar-refractivity contribution is -0.314. The second kappa shape index (κ2) is 10.8. The minimum absolute atomic E-state index is 1.07. The Balaban J connectivity index is 2.33. The molecule has 5 unspecified atom stereocenters. The van der Waals surface area contributed by atoms with Crippen molar-refractivity contribution in [2.75, 3.05) is 6.61 Å². The molecule has 0 aromatic rings. The van der Waals surface area contributed by atoms with Gasteiger partial charge in [0.05, 0.1) is 18.8 Å². The van der Waals surface area contributed by atoms with Crippen LogP contribution in [0.4, 0.5) is 0 Å². The van der Waals surface area contributed by atoms with Crippen molar-refractivity contribution in [3.63, 3.8) is 0 Å². The molecule has 2 heterocycles. The summed E-state index contributed by atoms with van der Waals surface area (Å²) in [5.41, 5.74) is 0. The molecule has 0 aromatic carbocycles. The number of hydrogen-bond donors (Lipinski definition) is 7. The van der Waals surface area contributed by atoms with Gasteiger partial charge in [0.1, 0.15) is 42.7 Å². The maximum atomic E-state index is 11.3. The fraction of sp³-hybridized carbons (Fsp3) is 1.00. The molecule has 0 saturated carbocycles. The summed E-state index contributed by atoms with van der Waals surface area (Å²) in [6, 6.07) is -1.97. The van der Waals surface area contributed by atoms with Gasteiger partial charge < -0.3 is 29.5 Å². The van der Waals surface area contributed by atoms with Gasteiger partial charge in [0.15, 0.2) is 6.29 Å². The molecular weight excluding hydrogens is 538 g/mol. The molecule has 0 amide bonds. The highest BCUT2D eigenvalue weighted by molar-refractivity contribution is 7.83. The topological polar surface area (TPSA) is 282 Å². The third kappa shape index (κ3) is 8.21. The Morgan fingerprint density at radius 1 is 0.794 bits per heavy atom. The van der Waals surface area contributed by atoms with Crippen molar-refractivity contribution in [1.29, 1.82) is 0 Å².